The molecule has 2 aliphatic heterocycles. The van der Waals surface area contributed by atoms with Gasteiger partial charge in [0.2, 0.25) is 0 Å². The maximum atomic E-state index is 11.8. The summed E-state index contributed by atoms with van der Waals surface area (Å²) in [5.41, 5.74) is 0.946. The van der Waals surface area contributed by atoms with Crippen LogP contribution < -0.4 is 5.32 Å². The van der Waals surface area contributed by atoms with Crippen molar-refractivity contribution in [1.82, 2.24) is 5.32 Å². The van der Waals surface area contributed by atoms with Crippen molar-refractivity contribution in [2.24, 2.45) is 0 Å². The van der Waals surface area contributed by atoms with Crippen molar-refractivity contribution in [3.05, 3.63) is 46.0 Å². The first-order chi connectivity index (χ1) is 11.1. The standard InChI is InChI=1S/C14H16N2O7/c17-14(15-6-9-4-2-1-3-5-9)22-10-7-20-13-11(23-16(18)19)8-21-12(10)13/h1-5,10-13H,6-8H2,(H,15,17). The number of rotatable bonds is 5. The Bertz CT molecular complexity index is 568. The minimum absolute atomic E-state index is 0.0296. The lowest BCUT2D eigenvalue weighted by atomic mass is 10.1. The van der Waals surface area contributed by atoms with Crippen molar-refractivity contribution in [3.8, 4) is 0 Å². The number of amides is 1. The average Bonchev–Trinajstić information content (AvgIpc) is 3.10. The molecule has 9 nitrogen and oxygen atoms in total. The number of fused-ring (bicyclic) bond motifs is 1. The zero-order chi connectivity index (χ0) is 16.2. The topological polar surface area (TPSA) is 109 Å². The Morgan fingerprint density at radius 2 is 1.87 bits per heavy atom. The van der Waals surface area contributed by atoms with Crippen molar-refractivity contribution >= 4 is 6.09 Å². The van der Waals surface area contributed by atoms with E-state index in [-0.39, 0.29) is 13.2 Å². The van der Waals surface area contributed by atoms with Gasteiger partial charge in [-0.25, -0.2) is 4.79 Å². The molecular weight excluding hydrogens is 308 g/mol. The summed E-state index contributed by atoms with van der Waals surface area (Å²) in [6.45, 7) is 0.489. The molecule has 1 aromatic carbocycles. The minimum Gasteiger partial charge on any atom is -0.441 e. The van der Waals surface area contributed by atoms with Crippen LogP contribution in [-0.4, -0.2) is 48.8 Å². The van der Waals surface area contributed by atoms with E-state index in [1.807, 2.05) is 30.3 Å². The highest BCUT2D eigenvalue weighted by atomic mass is 17.0. The van der Waals surface area contributed by atoms with Gasteiger partial charge in [-0.05, 0) is 5.56 Å². The Labute approximate surface area is 131 Å². The summed E-state index contributed by atoms with van der Waals surface area (Å²) in [6, 6.07) is 9.40. The van der Waals surface area contributed by atoms with Gasteiger partial charge in [-0.2, -0.15) is 0 Å². The second-order valence-electron chi connectivity index (χ2n) is 5.25. The third kappa shape index (κ3) is 3.69. The zero-order valence-corrected chi connectivity index (χ0v) is 12.1. The lowest BCUT2D eigenvalue weighted by Gasteiger charge is -2.17. The summed E-state index contributed by atoms with van der Waals surface area (Å²) < 4.78 is 16.1. The minimum atomic E-state index is -0.874. The van der Waals surface area contributed by atoms with Crippen LogP contribution in [0, 0.1) is 10.1 Å². The molecule has 1 amide bonds. The maximum Gasteiger partial charge on any atom is 0.407 e. The van der Waals surface area contributed by atoms with Gasteiger partial charge in [0, 0.05) is 6.54 Å². The van der Waals surface area contributed by atoms with Crippen molar-refractivity contribution < 1.29 is 28.9 Å². The lowest BCUT2D eigenvalue weighted by Crippen LogP contribution is -2.38. The molecule has 0 spiro atoms. The van der Waals surface area contributed by atoms with Crippen LogP contribution in [0.15, 0.2) is 30.3 Å². The number of ether oxygens (including phenoxy) is 3. The number of hydrogen-bond donors (Lipinski definition) is 1. The third-order valence-corrected chi connectivity index (χ3v) is 3.72. The van der Waals surface area contributed by atoms with Crippen LogP contribution >= 0.6 is 0 Å². The molecule has 0 saturated carbocycles. The van der Waals surface area contributed by atoms with Crippen LogP contribution in [0.25, 0.3) is 0 Å². The number of nitrogens with zero attached hydrogens (tertiary/aromatic N) is 1. The molecule has 2 aliphatic rings. The Morgan fingerprint density at radius 3 is 2.57 bits per heavy atom. The summed E-state index contributed by atoms with van der Waals surface area (Å²) in [5.74, 6) is 0. The van der Waals surface area contributed by atoms with Crippen molar-refractivity contribution in [1.29, 1.82) is 0 Å². The molecule has 1 N–H and O–H groups in total. The molecule has 1 aromatic rings. The van der Waals surface area contributed by atoms with E-state index in [0.717, 1.165) is 5.56 Å². The van der Waals surface area contributed by atoms with Crippen LogP contribution in [-0.2, 0) is 25.6 Å². The molecule has 0 aromatic heterocycles. The largest absolute Gasteiger partial charge is 0.441 e. The molecule has 124 valence electrons. The fraction of sp³-hybridized carbons (Fsp3) is 0.500. The summed E-state index contributed by atoms with van der Waals surface area (Å²) in [4.78, 5) is 26.7. The van der Waals surface area contributed by atoms with E-state index in [4.69, 9.17) is 14.2 Å². The average molecular weight is 324 g/mol. The van der Waals surface area contributed by atoms with E-state index >= 15 is 0 Å². The molecule has 2 heterocycles. The van der Waals surface area contributed by atoms with E-state index in [0.29, 0.717) is 6.54 Å². The van der Waals surface area contributed by atoms with E-state index in [9.17, 15) is 14.9 Å². The van der Waals surface area contributed by atoms with Gasteiger partial charge < -0.3 is 24.4 Å². The number of hydrogen-bond acceptors (Lipinski definition) is 7. The maximum absolute atomic E-state index is 11.8. The number of carbonyl (C=O) groups is 1. The summed E-state index contributed by atoms with van der Waals surface area (Å²) in [6.07, 6.45) is -3.16. The van der Waals surface area contributed by atoms with Gasteiger partial charge >= 0.3 is 6.09 Å². The van der Waals surface area contributed by atoms with Crippen molar-refractivity contribution in [3.63, 3.8) is 0 Å². The first-order valence-corrected chi connectivity index (χ1v) is 7.16. The molecule has 4 unspecified atom stereocenters. The summed E-state index contributed by atoms with van der Waals surface area (Å²) in [7, 11) is 0. The van der Waals surface area contributed by atoms with Gasteiger partial charge in [0.15, 0.2) is 12.2 Å². The number of benzene rings is 1. The Kier molecular flexibility index (Phi) is 4.58. The quantitative estimate of drug-likeness (QED) is 0.625. The number of alkyl carbamates (subject to hydrolysis) is 1. The first kappa shape index (κ1) is 15.5. The van der Waals surface area contributed by atoms with Crippen molar-refractivity contribution in [2.45, 2.75) is 31.0 Å². The molecular formula is C14H16N2O7. The number of carbonyl (C=O) groups excluding carboxylic acids is 1. The van der Waals surface area contributed by atoms with Crippen LogP contribution in [0.1, 0.15) is 5.56 Å². The monoisotopic (exact) mass is 324 g/mol. The molecule has 0 radical (unpaired) electrons. The smallest absolute Gasteiger partial charge is 0.407 e. The molecule has 4 atom stereocenters. The van der Waals surface area contributed by atoms with Crippen LogP contribution in [0.3, 0.4) is 0 Å². The van der Waals surface area contributed by atoms with Crippen LogP contribution in [0.5, 0.6) is 0 Å². The Balaban J connectivity index is 1.47. The van der Waals surface area contributed by atoms with Crippen LogP contribution in [0.2, 0.25) is 0 Å². The van der Waals surface area contributed by atoms with Gasteiger partial charge in [-0.3, -0.25) is 0 Å². The van der Waals surface area contributed by atoms with Gasteiger partial charge in [-0.1, -0.05) is 30.3 Å². The Morgan fingerprint density at radius 1 is 1.22 bits per heavy atom. The second kappa shape index (κ2) is 6.80. The normalized spacial score (nSPS) is 28.9. The first-order valence-electron chi connectivity index (χ1n) is 7.16. The van der Waals surface area contributed by atoms with E-state index in [1.165, 1.54) is 0 Å². The lowest BCUT2D eigenvalue weighted by molar-refractivity contribution is -0.769. The molecule has 9 heteroatoms. The summed E-state index contributed by atoms with van der Waals surface area (Å²) in [5, 5.41) is 12.2. The summed E-state index contributed by atoms with van der Waals surface area (Å²) >= 11 is 0. The predicted octanol–water partition coefficient (Wildman–Crippen LogP) is 0.656. The van der Waals surface area contributed by atoms with Gasteiger partial charge in [0.25, 0.3) is 5.09 Å². The molecule has 2 fully saturated rings. The van der Waals surface area contributed by atoms with Crippen molar-refractivity contribution in [2.75, 3.05) is 13.2 Å². The Hall–Kier alpha value is -2.39. The molecule has 3 rings (SSSR count). The highest BCUT2D eigenvalue weighted by molar-refractivity contribution is 5.67. The van der Waals surface area contributed by atoms with Gasteiger partial charge in [0.1, 0.15) is 12.2 Å². The highest BCUT2D eigenvalue weighted by Gasteiger charge is 2.51. The third-order valence-electron chi connectivity index (χ3n) is 3.72. The van der Waals surface area contributed by atoms with E-state index in [2.05, 4.69) is 10.2 Å². The fourth-order valence-corrected chi connectivity index (χ4v) is 2.68. The van der Waals surface area contributed by atoms with E-state index < -0.39 is 35.6 Å². The fourth-order valence-electron chi connectivity index (χ4n) is 2.68. The van der Waals surface area contributed by atoms with E-state index in [1.54, 1.807) is 0 Å². The SMILES string of the molecule is O=C(NCc1ccccc1)OC1COC2C(O[N+](=O)[O-])COC12. The molecule has 2 saturated heterocycles. The molecule has 0 aliphatic carbocycles. The predicted molar refractivity (Wildman–Crippen MR) is 74.9 cm³/mol. The zero-order valence-electron chi connectivity index (χ0n) is 12.1. The second-order valence-corrected chi connectivity index (χ2v) is 5.25. The highest BCUT2D eigenvalue weighted by Crippen LogP contribution is 2.30. The van der Waals surface area contributed by atoms with Gasteiger partial charge in [0.05, 0.1) is 13.2 Å². The molecule has 23 heavy (non-hydrogen) atoms. The molecule has 0 bridgehead atoms. The number of nitrogens with one attached hydrogen (secondary N) is 1. The van der Waals surface area contributed by atoms with Crippen LogP contribution in [0.4, 0.5) is 4.79 Å². The van der Waals surface area contributed by atoms with Gasteiger partial charge in [-0.15, -0.1) is 10.1 Å².